The molecule has 2 aliphatic rings. The summed E-state index contributed by atoms with van der Waals surface area (Å²) in [6.45, 7) is 6.82. The van der Waals surface area contributed by atoms with Crippen molar-refractivity contribution in [3.63, 3.8) is 0 Å². The van der Waals surface area contributed by atoms with E-state index < -0.39 is 0 Å². The van der Waals surface area contributed by atoms with Crippen molar-refractivity contribution in [2.75, 3.05) is 31.9 Å². The fourth-order valence-electron chi connectivity index (χ4n) is 2.88. The van der Waals surface area contributed by atoms with Crippen LogP contribution in [0.4, 0.5) is 0 Å². The third-order valence-electron chi connectivity index (χ3n) is 4.23. The van der Waals surface area contributed by atoms with Crippen molar-refractivity contribution >= 4 is 29.5 Å². The first-order chi connectivity index (χ1) is 11.0. The SMILES string of the molecule is CCNC(=NCC1(C)CCCS1)NCCN1C(=O)CCCC1=O. The molecule has 0 spiro atoms. The number of nitrogens with one attached hydrogen (secondary N) is 2. The van der Waals surface area contributed by atoms with E-state index in [0.717, 1.165) is 19.0 Å². The van der Waals surface area contributed by atoms with Crippen molar-refractivity contribution in [2.24, 2.45) is 4.99 Å². The van der Waals surface area contributed by atoms with Crippen LogP contribution in [0.1, 0.15) is 46.0 Å². The molecule has 2 heterocycles. The minimum Gasteiger partial charge on any atom is -0.357 e. The average Bonchev–Trinajstić information content (AvgIpc) is 2.95. The van der Waals surface area contributed by atoms with Gasteiger partial charge in [0.2, 0.25) is 11.8 Å². The number of hydrogen-bond acceptors (Lipinski definition) is 4. The average molecular weight is 340 g/mol. The monoisotopic (exact) mass is 340 g/mol. The number of thioether (sulfide) groups is 1. The van der Waals surface area contributed by atoms with Gasteiger partial charge in [0.25, 0.3) is 0 Å². The van der Waals surface area contributed by atoms with Gasteiger partial charge in [0.05, 0.1) is 6.54 Å². The molecular formula is C16H28N4O2S. The van der Waals surface area contributed by atoms with E-state index in [1.807, 2.05) is 18.7 Å². The van der Waals surface area contributed by atoms with Crippen molar-refractivity contribution in [3.8, 4) is 0 Å². The Balaban J connectivity index is 1.81. The fraction of sp³-hybridized carbons (Fsp3) is 0.812. The lowest BCUT2D eigenvalue weighted by molar-refractivity contribution is -0.147. The number of imide groups is 1. The lowest BCUT2D eigenvalue weighted by Gasteiger charge is -2.25. The van der Waals surface area contributed by atoms with Gasteiger partial charge in [-0.05, 0) is 38.9 Å². The molecule has 0 aliphatic carbocycles. The number of rotatable bonds is 6. The Morgan fingerprint density at radius 3 is 2.61 bits per heavy atom. The minimum atomic E-state index is -0.0557. The highest BCUT2D eigenvalue weighted by Crippen LogP contribution is 2.37. The molecule has 0 aromatic rings. The molecule has 23 heavy (non-hydrogen) atoms. The highest BCUT2D eigenvalue weighted by Gasteiger charge is 2.29. The van der Waals surface area contributed by atoms with Gasteiger partial charge < -0.3 is 10.6 Å². The third-order valence-corrected chi connectivity index (χ3v) is 5.75. The van der Waals surface area contributed by atoms with E-state index in [-0.39, 0.29) is 16.6 Å². The van der Waals surface area contributed by atoms with Crippen molar-refractivity contribution in [3.05, 3.63) is 0 Å². The fourth-order valence-corrected chi connectivity index (χ4v) is 4.11. The molecule has 2 saturated heterocycles. The van der Waals surface area contributed by atoms with E-state index in [9.17, 15) is 9.59 Å². The number of likely N-dealkylation sites (tertiary alicyclic amines) is 1. The van der Waals surface area contributed by atoms with Crippen LogP contribution in [-0.4, -0.2) is 59.4 Å². The summed E-state index contributed by atoms with van der Waals surface area (Å²) in [4.78, 5) is 29.6. The maximum absolute atomic E-state index is 11.8. The first-order valence-corrected chi connectivity index (χ1v) is 9.52. The Morgan fingerprint density at radius 1 is 1.26 bits per heavy atom. The molecule has 2 amide bonds. The van der Waals surface area contributed by atoms with E-state index >= 15 is 0 Å². The normalized spacial score (nSPS) is 25.8. The summed E-state index contributed by atoms with van der Waals surface area (Å²) in [6, 6.07) is 0. The van der Waals surface area contributed by atoms with Crippen LogP contribution in [0.25, 0.3) is 0 Å². The predicted molar refractivity (Wildman–Crippen MR) is 94.6 cm³/mol. The van der Waals surface area contributed by atoms with E-state index in [4.69, 9.17) is 0 Å². The summed E-state index contributed by atoms with van der Waals surface area (Å²) in [5.41, 5.74) is 0. The summed E-state index contributed by atoms with van der Waals surface area (Å²) in [5.74, 6) is 1.87. The van der Waals surface area contributed by atoms with Gasteiger partial charge in [-0.25, -0.2) is 0 Å². The van der Waals surface area contributed by atoms with E-state index in [2.05, 4.69) is 22.5 Å². The predicted octanol–water partition coefficient (Wildman–Crippen LogP) is 1.37. The van der Waals surface area contributed by atoms with Gasteiger partial charge in [-0.15, -0.1) is 0 Å². The number of guanidine groups is 1. The molecule has 1 atom stereocenters. The van der Waals surface area contributed by atoms with Gasteiger partial charge in [0.1, 0.15) is 0 Å². The lowest BCUT2D eigenvalue weighted by Crippen LogP contribution is -2.46. The quantitative estimate of drug-likeness (QED) is 0.434. The molecule has 0 aromatic heterocycles. The van der Waals surface area contributed by atoms with Crippen molar-refractivity contribution in [1.82, 2.24) is 15.5 Å². The van der Waals surface area contributed by atoms with E-state index in [0.29, 0.717) is 32.4 Å². The molecule has 2 N–H and O–H groups in total. The Hall–Kier alpha value is -1.24. The number of nitrogens with zero attached hydrogens (tertiary/aromatic N) is 2. The zero-order valence-corrected chi connectivity index (χ0v) is 15.0. The molecular weight excluding hydrogens is 312 g/mol. The van der Waals surface area contributed by atoms with Gasteiger partial charge in [-0.1, -0.05) is 0 Å². The molecule has 1 unspecified atom stereocenters. The Bertz CT molecular complexity index is 445. The Morgan fingerprint density at radius 2 is 2.00 bits per heavy atom. The first-order valence-electron chi connectivity index (χ1n) is 8.53. The number of amides is 2. The maximum Gasteiger partial charge on any atom is 0.229 e. The van der Waals surface area contributed by atoms with Crippen LogP contribution in [0.2, 0.25) is 0 Å². The molecule has 0 bridgehead atoms. The van der Waals surface area contributed by atoms with Crippen LogP contribution in [-0.2, 0) is 9.59 Å². The van der Waals surface area contributed by atoms with E-state index in [1.54, 1.807) is 0 Å². The summed E-state index contributed by atoms with van der Waals surface area (Å²) in [5, 5.41) is 6.46. The molecule has 0 saturated carbocycles. The second-order valence-corrected chi connectivity index (χ2v) is 8.00. The molecule has 6 nitrogen and oxygen atoms in total. The topological polar surface area (TPSA) is 73.8 Å². The summed E-state index contributed by atoms with van der Waals surface area (Å²) < 4.78 is 0.237. The Labute approximate surface area is 142 Å². The minimum absolute atomic E-state index is 0.0557. The molecule has 0 aromatic carbocycles. The second-order valence-electron chi connectivity index (χ2n) is 6.32. The van der Waals surface area contributed by atoms with Crippen LogP contribution >= 0.6 is 11.8 Å². The summed E-state index contributed by atoms with van der Waals surface area (Å²) >= 11 is 1.99. The molecule has 2 rings (SSSR count). The largest absolute Gasteiger partial charge is 0.357 e. The lowest BCUT2D eigenvalue weighted by atomic mass is 10.1. The van der Waals surface area contributed by atoms with Crippen LogP contribution in [0.5, 0.6) is 0 Å². The van der Waals surface area contributed by atoms with Gasteiger partial charge in [0, 0.05) is 37.2 Å². The smallest absolute Gasteiger partial charge is 0.229 e. The Kier molecular flexibility index (Phi) is 6.74. The standard InChI is InChI=1S/C16H28N4O2S/c1-3-17-15(19-12-16(2)8-5-11-23-16)18-9-10-20-13(21)6-4-7-14(20)22/h3-12H2,1-2H3,(H2,17,18,19). The second kappa shape index (κ2) is 8.57. The molecule has 2 aliphatic heterocycles. The van der Waals surface area contributed by atoms with Crippen molar-refractivity contribution < 1.29 is 9.59 Å². The van der Waals surface area contributed by atoms with Gasteiger partial charge >= 0.3 is 0 Å². The molecule has 7 heteroatoms. The highest BCUT2D eigenvalue weighted by molar-refractivity contribution is 8.00. The zero-order valence-electron chi connectivity index (χ0n) is 14.2. The van der Waals surface area contributed by atoms with Gasteiger partial charge in [-0.2, -0.15) is 11.8 Å². The maximum atomic E-state index is 11.8. The van der Waals surface area contributed by atoms with Gasteiger partial charge in [-0.3, -0.25) is 19.5 Å². The zero-order chi connectivity index (χ0) is 16.7. The van der Waals surface area contributed by atoms with Crippen molar-refractivity contribution in [1.29, 1.82) is 0 Å². The number of aliphatic imine (C=N–C) groups is 1. The van der Waals surface area contributed by atoms with Crippen LogP contribution in [0.15, 0.2) is 4.99 Å². The molecule has 2 fully saturated rings. The van der Waals surface area contributed by atoms with Crippen molar-refractivity contribution in [2.45, 2.75) is 50.7 Å². The van der Waals surface area contributed by atoms with Crippen LogP contribution in [0, 0.1) is 0 Å². The number of carbonyl (C=O) groups is 2. The first kappa shape index (κ1) is 18.1. The van der Waals surface area contributed by atoms with Crippen LogP contribution < -0.4 is 10.6 Å². The number of piperidine rings is 1. The summed E-state index contributed by atoms with van der Waals surface area (Å²) in [7, 11) is 0. The number of hydrogen-bond donors (Lipinski definition) is 2. The highest BCUT2D eigenvalue weighted by atomic mass is 32.2. The van der Waals surface area contributed by atoms with Crippen LogP contribution in [0.3, 0.4) is 0 Å². The third kappa shape index (κ3) is 5.41. The summed E-state index contributed by atoms with van der Waals surface area (Å²) in [6.07, 6.45) is 4.12. The van der Waals surface area contributed by atoms with E-state index in [1.165, 1.54) is 23.5 Å². The molecule has 130 valence electrons. The number of carbonyl (C=O) groups excluding carboxylic acids is 2. The molecule has 0 radical (unpaired) electrons. The van der Waals surface area contributed by atoms with Gasteiger partial charge in [0.15, 0.2) is 5.96 Å².